The molecular weight excluding hydrogens is 349 g/mol. The van der Waals surface area contributed by atoms with Gasteiger partial charge in [-0.15, -0.1) is 15.3 Å². The molecule has 1 N–H and O–H groups in total. The fraction of sp³-hybridized carbons (Fsp3) is 0.333. The van der Waals surface area contributed by atoms with E-state index in [1.165, 1.54) is 12.8 Å². The maximum absolute atomic E-state index is 6.04. The van der Waals surface area contributed by atoms with Crippen LogP contribution in [0.25, 0.3) is 5.69 Å². The first-order valence-electron chi connectivity index (χ1n) is 7.61. The Bertz CT molecular complexity index is 882. The Morgan fingerprint density at radius 1 is 1.17 bits per heavy atom. The first-order valence-corrected chi connectivity index (χ1v) is 8.37. The number of aromatic nitrogens is 6. The summed E-state index contributed by atoms with van der Waals surface area (Å²) < 4.78 is 3.66. The topological polar surface area (TPSA) is 73.5 Å². The molecule has 0 unspecified atom stereocenters. The molecule has 24 heavy (non-hydrogen) atoms. The molecule has 0 aliphatic heterocycles. The largest absolute Gasteiger partial charge is 0.349 e. The Kier molecular flexibility index (Phi) is 3.90. The Labute approximate surface area is 148 Å². The summed E-state index contributed by atoms with van der Waals surface area (Å²) in [5, 5.41) is 21.0. The lowest BCUT2D eigenvalue weighted by Gasteiger charge is -2.04. The van der Waals surface area contributed by atoms with Gasteiger partial charge in [0, 0.05) is 13.0 Å². The minimum absolute atomic E-state index is 0.482. The van der Waals surface area contributed by atoms with Crippen molar-refractivity contribution in [2.24, 2.45) is 7.05 Å². The van der Waals surface area contributed by atoms with Gasteiger partial charge in [-0.1, -0.05) is 28.4 Å². The Hall–Kier alpha value is -2.12. The van der Waals surface area contributed by atoms with E-state index in [4.69, 9.17) is 23.2 Å². The number of rotatable bonds is 5. The molecule has 1 aliphatic rings. The van der Waals surface area contributed by atoms with Crippen molar-refractivity contribution >= 4 is 29.2 Å². The lowest BCUT2D eigenvalue weighted by atomic mass is 10.3. The van der Waals surface area contributed by atoms with Gasteiger partial charge in [-0.05, 0) is 31.0 Å². The molecule has 0 radical (unpaired) electrons. The van der Waals surface area contributed by atoms with Crippen LogP contribution >= 0.6 is 23.2 Å². The van der Waals surface area contributed by atoms with E-state index in [9.17, 15) is 0 Å². The number of benzene rings is 1. The average Bonchev–Trinajstić information content (AvgIpc) is 3.18. The fourth-order valence-electron chi connectivity index (χ4n) is 2.49. The number of hydrogen-bond acceptors (Lipinski definition) is 5. The second-order valence-electron chi connectivity index (χ2n) is 5.82. The quantitative estimate of drug-likeness (QED) is 0.753. The van der Waals surface area contributed by atoms with Crippen LogP contribution in [-0.4, -0.2) is 29.8 Å². The van der Waals surface area contributed by atoms with Crippen LogP contribution in [0.5, 0.6) is 0 Å². The van der Waals surface area contributed by atoms with Gasteiger partial charge in [0.05, 0.1) is 28.5 Å². The summed E-state index contributed by atoms with van der Waals surface area (Å²) >= 11 is 12.0. The molecule has 3 aromatic rings. The average molecular weight is 364 g/mol. The summed E-state index contributed by atoms with van der Waals surface area (Å²) in [5.74, 6) is 2.34. The highest BCUT2D eigenvalue weighted by Gasteiger charge is 2.29. The zero-order chi connectivity index (χ0) is 16.7. The van der Waals surface area contributed by atoms with Gasteiger partial charge in [-0.3, -0.25) is 0 Å². The molecule has 0 saturated heterocycles. The van der Waals surface area contributed by atoms with Gasteiger partial charge in [0.2, 0.25) is 5.95 Å². The van der Waals surface area contributed by atoms with Gasteiger partial charge in [0.1, 0.15) is 11.5 Å². The Morgan fingerprint density at radius 3 is 2.75 bits per heavy atom. The van der Waals surface area contributed by atoms with Crippen molar-refractivity contribution in [1.82, 2.24) is 29.8 Å². The van der Waals surface area contributed by atoms with E-state index >= 15 is 0 Å². The zero-order valence-electron chi connectivity index (χ0n) is 12.9. The van der Waals surface area contributed by atoms with Crippen LogP contribution in [0.3, 0.4) is 0 Å². The fourth-order valence-corrected chi connectivity index (χ4v) is 2.79. The monoisotopic (exact) mass is 363 g/mol. The van der Waals surface area contributed by atoms with Gasteiger partial charge in [-0.25, -0.2) is 4.68 Å². The van der Waals surface area contributed by atoms with Gasteiger partial charge in [-0.2, -0.15) is 0 Å². The number of nitrogens with zero attached hydrogens (tertiary/aromatic N) is 6. The van der Waals surface area contributed by atoms with Crippen molar-refractivity contribution in [2.75, 3.05) is 5.32 Å². The molecule has 124 valence electrons. The second-order valence-corrected chi connectivity index (χ2v) is 6.64. The molecule has 2 aromatic heterocycles. The molecule has 1 saturated carbocycles. The highest BCUT2D eigenvalue weighted by atomic mass is 35.5. The Morgan fingerprint density at radius 2 is 2.00 bits per heavy atom. The molecule has 0 amide bonds. The highest BCUT2D eigenvalue weighted by Crippen LogP contribution is 2.39. The number of nitrogens with one attached hydrogen (secondary N) is 1. The molecule has 1 aromatic carbocycles. The van der Waals surface area contributed by atoms with Crippen molar-refractivity contribution in [2.45, 2.75) is 25.3 Å². The number of halogens is 2. The van der Waals surface area contributed by atoms with E-state index in [2.05, 4.69) is 25.8 Å². The molecule has 0 atom stereocenters. The van der Waals surface area contributed by atoms with E-state index in [-0.39, 0.29) is 0 Å². The number of anilines is 1. The Balaban J connectivity index is 1.46. The summed E-state index contributed by atoms with van der Waals surface area (Å²) in [4.78, 5) is 0. The van der Waals surface area contributed by atoms with Crippen LogP contribution in [0.2, 0.25) is 10.0 Å². The molecule has 0 bridgehead atoms. The third kappa shape index (κ3) is 2.97. The van der Waals surface area contributed by atoms with E-state index in [0.29, 0.717) is 22.5 Å². The van der Waals surface area contributed by atoms with E-state index in [1.807, 2.05) is 23.9 Å². The highest BCUT2D eigenvalue weighted by molar-refractivity contribution is 6.42. The summed E-state index contributed by atoms with van der Waals surface area (Å²) in [6.45, 7) is 0.512. The summed E-state index contributed by atoms with van der Waals surface area (Å²) in [7, 11) is 1.97. The van der Waals surface area contributed by atoms with Gasteiger partial charge < -0.3 is 9.88 Å². The van der Waals surface area contributed by atoms with Crippen LogP contribution in [-0.2, 0) is 13.6 Å². The number of hydrogen-bond donors (Lipinski definition) is 1. The summed E-state index contributed by atoms with van der Waals surface area (Å²) in [6, 6.07) is 5.32. The molecule has 9 heteroatoms. The first kappa shape index (κ1) is 15.4. The molecule has 2 heterocycles. The van der Waals surface area contributed by atoms with Crippen molar-refractivity contribution in [3.05, 3.63) is 46.0 Å². The lowest BCUT2D eigenvalue weighted by molar-refractivity contribution is 0.791. The molecule has 1 aliphatic carbocycles. The standard InChI is InChI=1S/C15H15Cl2N7/c1-23-14(9-2-3-9)20-21-15(23)18-7-10-8-24(22-19-10)11-4-5-12(16)13(17)6-11/h4-6,8-9H,2-3,7H2,1H3,(H,18,21). The van der Waals surface area contributed by atoms with Crippen molar-refractivity contribution in [1.29, 1.82) is 0 Å². The van der Waals surface area contributed by atoms with Crippen LogP contribution in [0.4, 0.5) is 5.95 Å². The minimum Gasteiger partial charge on any atom is -0.349 e. The molecule has 1 fully saturated rings. The third-order valence-corrected chi connectivity index (χ3v) is 4.73. The zero-order valence-corrected chi connectivity index (χ0v) is 14.5. The van der Waals surface area contributed by atoms with Gasteiger partial charge >= 0.3 is 0 Å². The second kappa shape index (κ2) is 6.07. The lowest BCUT2D eigenvalue weighted by Crippen LogP contribution is -2.06. The molecular formula is C15H15Cl2N7. The predicted octanol–water partition coefficient (Wildman–Crippen LogP) is 3.19. The van der Waals surface area contributed by atoms with Crippen molar-refractivity contribution in [3.63, 3.8) is 0 Å². The van der Waals surface area contributed by atoms with E-state index in [1.54, 1.807) is 16.8 Å². The van der Waals surface area contributed by atoms with E-state index < -0.39 is 0 Å². The smallest absolute Gasteiger partial charge is 0.224 e. The van der Waals surface area contributed by atoms with E-state index in [0.717, 1.165) is 23.2 Å². The van der Waals surface area contributed by atoms with Crippen LogP contribution in [0, 0.1) is 0 Å². The first-order chi connectivity index (χ1) is 11.6. The molecule has 7 nitrogen and oxygen atoms in total. The molecule has 0 spiro atoms. The van der Waals surface area contributed by atoms with Gasteiger partial charge in [0.15, 0.2) is 0 Å². The van der Waals surface area contributed by atoms with Crippen LogP contribution in [0.1, 0.15) is 30.3 Å². The summed E-state index contributed by atoms with van der Waals surface area (Å²) in [5.41, 5.74) is 1.59. The third-order valence-electron chi connectivity index (χ3n) is 3.99. The maximum atomic E-state index is 6.04. The van der Waals surface area contributed by atoms with Crippen molar-refractivity contribution < 1.29 is 0 Å². The minimum atomic E-state index is 0.482. The maximum Gasteiger partial charge on any atom is 0.224 e. The normalized spacial score (nSPS) is 14.1. The van der Waals surface area contributed by atoms with Crippen LogP contribution < -0.4 is 5.32 Å². The van der Waals surface area contributed by atoms with Crippen LogP contribution in [0.15, 0.2) is 24.4 Å². The van der Waals surface area contributed by atoms with Crippen molar-refractivity contribution in [3.8, 4) is 5.69 Å². The van der Waals surface area contributed by atoms with Gasteiger partial charge in [0.25, 0.3) is 0 Å². The molecule has 4 rings (SSSR count). The predicted molar refractivity (Wildman–Crippen MR) is 91.7 cm³/mol. The SMILES string of the molecule is Cn1c(NCc2cn(-c3ccc(Cl)c(Cl)c3)nn2)nnc1C1CC1. The summed E-state index contributed by atoms with van der Waals surface area (Å²) in [6.07, 6.45) is 4.23.